The fourth-order valence-electron chi connectivity index (χ4n) is 3.73. The number of carbonyl (C=O) groups is 2. The summed E-state index contributed by atoms with van der Waals surface area (Å²) >= 11 is 0. The molecule has 0 aliphatic heterocycles. The Labute approximate surface area is 180 Å². The van der Waals surface area contributed by atoms with Crippen molar-refractivity contribution in [1.82, 2.24) is 14.7 Å². The van der Waals surface area contributed by atoms with Gasteiger partial charge < -0.3 is 20.3 Å². The topological polar surface area (TPSA) is 113 Å². The molecule has 0 saturated carbocycles. The number of Topliss-reactive ketones (excluding diaryl/α,β-unsaturated/α-hetero) is 1. The molecule has 0 bridgehead atoms. The molecule has 31 heavy (non-hydrogen) atoms. The first-order valence-electron chi connectivity index (χ1n) is 10.1. The van der Waals surface area contributed by atoms with E-state index in [4.69, 9.17) is 4.74 Å². The molecule has 0 atom stereocenters. The first-order chi connectivity index (χ1) is 14.9. The number of pyridine rings is 1. The van der Waals surface area contributed by atoms with Gasteiger partial charge in [-0.25, -0.2) is 4.98 Å². The summed E-state index contributed by atoms with van der Waals surface area (Å²) in [5.74, 6) is -0.00728. The minimum Gasteiger partial charge on any atom is -0.490 e. The second kappa shape index (κ2) is 9.28. The number of carbonyl (C=O) groups excluding carboxylic acids is 2. The summed E-state index contributed by atoms with van der Waals surface area (Å²) in [6.07, 6.45) is 1.57. The molecular weight excluding hydrogens is 398 g/mol. The van der Waals surface area contributed by atoms with E-state index >= 15 is 0 Å². The van der Waals surface area contributed by atoms with Crippen molar-refractivity contribution in [3.05, 3.63) is 65.1 Å². The fourth-order valence-corrected chi connectivity index (χ4v) is 3.73. The normalized spacial score (nSPS) is 11.5. The Balaban J connectivity index is 2.03. The van der Waals surface area contributed by atoms with Crippen LogP contribution in [0.25, 0.3) is 5.65 Å². The maximum Gasteiger partial charge on any atom is 0.251 e. The van der Waals surface area contributed by atoms with Crippen LogP contribution in [0.2, 0.25) is 0 Å². The lowest BCUT2D eigenvalue weighted by Crippen LogP contribution is -2.38. The van der Waals surface area contributed by atoms with Crippen LogP contribution in [0.1, 0.15) is 45.4 Å². The van der Waals surface area contributed by atoms with Crippen molar-refractivity contribution in [1.29, 1.82) is 0 Å². The number of ether oxygens (including phenoxy) is 1. The SMILES string of the molecule is CCOc1cccn2c(C(=O)CC(CO)(CO)c3cccc(C(=O)NC)c3)c(C)nc12. The highest BCUT2D eigenvalue weighted by atomic mass is 16.5. The Kier molecular flexibility index (Phi) is 6.72. The first-order valence-corrected chi connectivity index (χ1v) is 10.1. The van der Waals surface area contributed by atoms with E-state index in [9.17, 15) is 19.8 Å². The predicted molar refractivity (Wildman–Crippen MR) is 116 cm³/mol. The number of aliphatic hydroxyl groups excluding tert-OH is 2. The average molecular weight is 425 g/mol. The smallest absolute Gasteiger partial charge is 0.251 e. The number of hydrogen-bond donors (Lipinski definition) is 3. The van der Waals surface area contributed by atoms with Gasteiger partial charge in [0, 0.05) is 30.6 Å². The van der Waals surface area contributed by atoms with Crippen LogP contribution in [0.3, 0.4) is 0 Å². The number of hydrogen-bond acceptors (Lipinski definition) is 6. The van der Waals surface area contributed by atoms with Gasteiger partial charge in [-0.15, -0.1) is 0 Å². The third-order valence-electron chi connectivity index (χ3n) is 5.42. The lowest BCUT2D eigenvalue weighted by Gasteiger charge is -2.30. The summed E-state index contributed by atoms with van der Waals surface area (Å²) in [6.45, 7) is 3.14. The van der Waals surface area contributed by atoms with Crippen LogP contribution in [0.4, 0.5) is 0 Å². The van der Waals surface area contributed by atoms with Gasteiger partial charge in [-0.2, -0.15) is 0 Å². The molecule has 3 aromatic rings. The quantitative estimate of drug-likeness (QED) is 0.451. The van der Waals surface area contributed by atoms with Crippen molar-refractivity contribution < 1.29 is 24.5 Å². The van der Waals surface area contributed by atoms with Crippen molar-refractivity contribution in [3.8, 4) is 5.75 Å². The van der Waals surface area contributed by atoms with Crippen molar-refractivity contribution in [2.24, 2.45) is 0 Å². The van der Waals surface area contributed by atoms with Gasteiger partial charge in [-0.3, -0.25) is 14.0 Å². The molecule has 0 unspecified atom stereocenters. The Morgan fingerprint density at radius 2 is 1.94 bits per heavy atom. The molecule has 8 heteroatoms. The van der Waals surface area contributed by atoms with Crippen LogP contribution in [0.5, 0.6) is 5.75 Å². The lowest BCUT2D eigenvalue weighted by molar-refractivity contribution is 0.0782. The van der Waals surface area contributed by atoms with Crippen LogP contribution in [-0.2, 0) is 5.41 Å². The zero-order valence-corrected chi connectivity index (χ0v) is 17.9. The predicted octanol–water partition coefficient (Wildman–Crippen LogP) is 1.90. The second-order valence-electron chi connectivity index (χ2n) is 7.40. The van der Waals surface area contributed by atoms with E-state index in [1.165, 1.54) is 7.05 Å². The molecule has 0 radical (unpaired) electrons. The van der Waals surface area contributed by atoms with Crippen LogP contribution in [-0.4, -0.2) is 58.2 Å². The van der Waals surface area contributed by atoms with Crippen molar-refractivity contribution >= 4 is 17.3 Å². The summed E-state index contributed by atoms with van der Waals surface area (Å²) in [5.41, 5.74) is 1.06. The molecule has 0 spiro atoms. The molecule has 0 aliphatic carbocycles. The highest BCUT2D eigenvalue weighted by molar-refractivity contribution is 5.98. The number of aryl methyl sites for hydroxylation is 1. The van der Waals surface area contributed by atoms with E-state index in [0.29, 0.717) is 40.5 Å². The van der Waals surface area contributed by atoms with Gasteiger partial charge in [0.1, 0.15) is 5.69 Å². The number of imidazole rings is 1. The van der Waals surface area contributed by atoms with Crippen LogP contribution >= 0.6 is 0 Å². The van der Waals surface area contributed by atoms with E-state index in [0.717, 1.165) is 0 Å². The maximum absolute atomic E-state index is 13.4. The zero-order valence-electron chi connectivity index (χ0n) is 17.9. The Hall–Kier alpha value is -3.23. The third-order valence-corrected chi connectivity index (χ3v) is 5.42. The minimum absolute atomic E-state index is 0.162. The molecule has 2 heterocycles. The molecule has 1 amide bonds. The van der Waals surface area contributed by atoms with Gasteiger partial charge in [0.05, 0.1) is 25.5 Å². The summed E-state index contributed by atoms with van der Waals surface area (Å²) in [5, 5.41) is 23.0. The van der Waals surface area contributed by atoms with E-state index in [2.05, 4.69) is 10.3 Å². The number of nitrogens with zero attached hydrogens (tertiary/aromatic N) is 2. The van der Waals surface area contributed by atoms with E-state index < -0.39 is 18.6 Å². The van der Waals surface area contributed by atoms with Crippen LogP contribution in [0, 0.1) is 6.92 Å². The number of nitrogens with one attached hydrogen (secondary N) is 1. The van der Waals surface area contributed by atoms with Crippen molar-refractivity contribution in [2.45, 2.75) is 25.7 Å². The Morgan fingerprint density at radius 3 is 2.58 bits per heavy atom. The van der Waals surface area contributed by atoms with E-state index in [1.807, 2.05) is 6.92 Å². The molecule has 2 aromatic heterocycles. The van der Waals surface area contributed by atoms with Gasteiger partial charge in [-0.1, -0.05) is 12.1 Å². The number of aliphatic hydroxyl groups is 2. The first kappa shape index (κ1) is 22.5. The standard InChI is InChI=1S/C23H27N3O5/c1-4-31-19-9-6-10-26-20(15(2)25-21(19)26)18(29)12-23(13-27,14-28)17-8-5-7-16(11-17)22(30)24-3/h5-11,27-28H,4,12-14H2,1-3H3,(H,24,30). The molecule has 0 fully saturated rings. The highest BCUT2D eigenvalue weighted by Gasteiger charge is 2.36. The van der Waals surface area contributed by atoms with Gasteiger partial charge in [0.25, 0.3) is 5.91 Å². The monoisotopic (exact) mass is 425 g/mol. The van der Waals surface area contributed by atoms with Gasteiger partial charge in [0.2, 0.25) is 0 Å². The van der Waals surface area contributed by atoms with Gasteiger partial charge in [-0.05, 0) is 43.7 Å². The highest BCUT2D eigenvalue weighted by Crippen LogP contribution is 2.31. The van der Waals surface area contributed by atoms with E-state index in [1.54, 1.807) is 53.9 Å². The summed E-state index contributed by atoms with van der Waals surface area (Å²) in [6, 6.07) is 10.1. The third kappa shape index (κ3) is 4.17. The summed E-state index contributed by atoms with van der Waals surface area (Å²) in [7, 11) is 1.52. The van der Waals surface area contributed by atoms with Crippen LogP contribution < -0.4 is 10.1 Å². The molecule has 1 aromatic carbocycles. The Bertz CT molecular complexity index is 1100. The minimum atomic E-state index is -1.25. The zero-order chi connectivity index (χ0) is 22.6. The molecular formula is C23H27N3O5. The number of benzene rings is 1. The number of fused-ring (bicyclic) bond motifs is 1. The maximum atomic E-state index is 13.4. The largest absolute Gasteiger partial charge is 0.490 e. The molecule has 3 rings (SSSR count). The van der Waals surface area contributed by atoms with Gasteiger partial charge >= 0.3 is 0 Å². The Morgan fingerprint density at radius 1 is 1.19 bits per heavy atom. The second-order valence-corrected chi connectivity index (χ2v) is 7.40. The van der Waals surface area contributed by atoms with Crippen molar-refractivity contribution in [3.63, 3.8) is 0 Å². The number of rotatable bonds is 9. The number of amides is 1. The summed E-state index contributed by atoms with van der Waals surface area (Å²) < 4.78 is 7.28. The molecule has 164 valence electrons. The summed E-state index contributed by atoms with van der Waals surface area (Å²) in [4.78, 5) is 29.9. The average Bonchev–Trinajstić information content (AvgIpc) is 3.14. The van der Waals surface area contributed by atoms with Crippen molar-refractivity contribution in [2.75, 3.05) is 26.9 Å². The molecule has 0 saturated heterocycles. The fraction of sp³-hybridized carbons (Fsp3) is 0.348. The number of aromatic nitrogens is 2. The number of ketones is 1. The van der Waals surface area contributed by atoms with Gasteiger partial charge in [0.15, 0.2) is 17.2 Å². The molecule has 3 N–H and O–H groups in total. The molecule has 0 aliphatic rings. The lowest BCUT2D eigenvalue weighted by atomic mass is 9.76. The van der Waals surface area contributed by atoms with E-state index in [-0.39, 0.29) is 18.1 Å². The van der Waals surface area contributed by atoms with Crippen LogP contribution in [0.15, 0.2) is 42.6 Å². The molecule has 8 nitrogen and oxygen atoms in total.